The second kappa shape index (κ2) is 17.6. The SMILES string of the molecule is CC(C)[C@H](N)C(=O)N[C@@H](CCCNC(N)=O)C(=O)Nc1ccc(COC(=O)Nc2ccc(CCCC(C)(C)C(=O)O)cc2)cc1. The van der Waals surface area contributed by atoms with Crippen LogP contribution in [0, 0.1) is 11.3 Å². The molecule has 0 heterocycles. The van der Waals surface area contributed by atoms with E-state index >= 15 is 0 Å². The summed E-state index contributed by atoms with van der Waals surface area (Å²) in [6.07, 6.45) is 2.04. The Morgan fingerprint density at radius 2 is 1.44 bits per heavy atom. The van der Waals surface area contributed by atoms with Crippen molar-refractivity contribution in [3.05, 3.63) is 59.7 Å². The van der Waals surface area contributed by atoms with Gasteiger partial charge >= 0.3 is 18.1 Å². The van der Waals surface area contributed by atoms with Crippen LogP contribution in [-0.4, -0.2) is 53.6 Å². The summed E-state index contributed by atoms with van der Waals surface area (Å²) >= 11 is 0. The number of benzene rings is 2. The van der Waals surface area contributed by atoms with E-state index in [4.69, 9.17) is 16.2 Å². The molecule has 2 aromatic rings. The minimum atomic E-state index is -0.887. The van der Waals surface area contributed by atoms with Crippen LogP contribution in [-0.2, 0) is 32.1 Å². The van der Waals surface area contributed by atoms with E-state index < -0.39 is 47.4 Å². The van der Waals surface area contributed by atoms with E-state index in [-0.39, 0.29) is 25.5 Å². The fourth-order valence-corrected chi connectivity index (χ4v) is 4.17. The fourth-order valence-electron chi connectivity index (χ4n) is 4.17. The van der Waals surface area contributed by atoms with Gasteiger partial charge in [-0.15, -0.1) is 0 Å². The van der Waals surface area contributed by atoms with Gasteiger partial charge in [0.1, 0.15) is 12.6 Å². The van der Waals surface area contributed by atoms with Crippen LogP contribution in [0.2, 0.25) is 0 Å². The molecule has 0 aliphatic rings. The second-order valence-electron chi connectivity index (χ2n) is 11.9. The number of hydrogen-bond acceptors (Lipinski definition) is 7. The number of nitrogens with two attached hydrogens (primary N) is 2. The van der Waals surface area contributed by atoms with E-state index in [1.807, 2.05) is 12.1 Å². The summed E-state index contributed by atoms with van der Waals surface area (Å²) in [7, 11) is 0. The maximum Gasteiger partial charge on any atom is 0.411 e. The molecule has 0 aliphatic carbocycles. The Bertz CT molecular complexity index is 1300. The third-order valence-corrected chi connectivity index (χ3v) is 7.26. The first-order chi connectivity index (χ1) is 21.2. The molecule has 0 aliphatic heterocycles. The molecule has 246 valence electrons. The van der Waals surface area contributed by atoms with Crippen molar-refractivity contribution in [2.24, 2.45) is 22.8 Å². The monoisotopic (exact) mass is 626 g/mol. The zero-order chi connectivity index (χ0) is 33.6. The van der Waals surface area contributed by atoms with Crippen LogP contribution in [0.4, 0.5) is 21.0 Å². The first kappa shape index (κ1) is 36.5. The van der Waals surface area contributed by atoms with Crippen LogP contribution in [0.15, 0.2) is 48.5 Å². The van der Waals surface area contributed by atoms with Gasteiger partial charge in [-0.1, -0.05) is 38.1 Å². The molecule has 5 amide bonds. The predicted molar refractivity (Wildman–Crippen MR) is 171 cm³/mol. The van der Waals surface area contributed by atoms with Gasteiger partial charge in [-0.25, -0.2) is 9.59 Å². The van der Waals surface area contributed by atoms with E-state index in [1.54, 1.807) is 64.1 Å². The molecular weight excluding hydrogens is 580 g/mol. The second-order valence-corrected chi connectivity index (χ2v) is 11.9. The molecule has 0 fully saturated rings. The highest BCUT2D eigenvalue weighted by Gasteiger charge is 2.26. The molecule has 9 N–H and O–H groups in total. The van der Waals surface area contributed by atoms with Gasteiger partial charge in [0.05, 0.1) is 11.5 Å². The molecule has 45 heavy (non-hydrogen) atoms. The summed E-state index contributed by atoms with van der Waals surface area (Å²) < 4.78 is 5.31. The van der Waals surface area contributed by atoms with E-state index in [1.165, 1.54) is 0 Å². The highest BCUT2D eigenvalue weighted by Crippen LogP contribution is 2.24. The third kappa shape index (κ3) is 13.3. The van der Waals surface area contributed by atoms with Gasteiger partial charge in [-0.3, -0.25) is 19.7 Å². The molecule has 0 saturated carbocycles. The van der Waals surface area contributed by atoms with Gasteiger partial charge in [0.2, 0.25) is 11.8 Å². The lowest BCUT2D eigenvalue weighted by Gasteiger charge is -2.22. The maximum atomic E-state index is 13.0. The van der Waals surface area contributed by atoms with Crippen molar-refractivity contribution in [1.82, 2.24) is 10.6 Å². The van der Waals surface area contributed by atoms with Crippen LogP contribution < -0.4 is 32.7 Å². The number of nitrogens with one attached hydrogen (secondary N) is 4. The number of carbonyl (C=O) groups excluding carboxylic acids is 4. The Balaban J connectivity index is 1.85. The van der Waals surface area contributed by atoms with Crippen molar-refractivity contribution >= 4 is 41.3 Å². The molecule has 2 rings (SSSR count). The standard InChI is InChI=1S/C32H46N6O7/c1-20(2)26(33)28(40)38-25(8-6-18-35-30(34)43)27(39)36-23-15-11-22(12-16-23)19-45-31(44)37-24-13-9-21(10-14-24)7-5-17-32(3,4)29(41)42/h9-16,20,25-26H,5-8,17-19,33H2,1-4H3,(H,36,39)(H,37,44)(H,38,40)(H,41,42)(H3,34,35,43)/t25-,26-/m0/s1. The Labute approximate surface area is 263 Å². The quantitative estimate of drug-likeness (QED) is 0.128. The van der Waals surface area contributed by atoms with Crippen molar-refractivity contribution in [1.29, 1.82) is 0 Å². The Hall–Kier alpha value is -4.65. The minimum absolute atomic E-state index is 0.00383. The number of aliphatic carboxylic acids is 1. The summed E-state index contributed by atoms with van der Waals surface area (Å²) in [5.41, 5.74) is 13.0. The fraction of sp³-hybridized carbons (Fsp3) is 0.469. The van der Waals surface area contributed by atoms with Crippen molar-refractivity contribution in [3.63, 3.8) is 0 Å². The molecular formula is C32H46N6O7. The molecule has 0 aromatic heterocycles. The molecule has 0 spiro atoms. The van der Waals surface area contributed by atoms with Gasteiger partial charge in [0.25, 0.3) is 0 Å². The number of amides is 5. The summed E-state index contributed by atoms with van der Waals surface area (Å²) in [6, 6.07) is 11.6. The van der Waals surface area contributed by atoms with Crippen LogP contribution in [0.25, 0.3) is 0 Å². The topological polar surface area (TPSA) is 215 Å². The lowest BCUT2D eigenvalue weighted by Crippen LogP contribution is -2.51. The zero-order valence-electron chi connectivity index (χ0n) is 26.4. The number of ether oxygens (including phenoxy) is 1. The smallest absolute Gasteiger partial charge is 0.411 e. The van der Waals surface area contributed by atoms with E-state index in [2.05, 4.69) is 21.3 Å². The summed E-state index contributed by atoms with van der Waals surface area (Å²) in [4.78, 5) is 60.0. The van der Waals surface area contributed by atoms with Crippen LogP contribution in [0.5, 0.6) is 0 Å². The number of primary amides is 1. The summed E-state index contributed by atoms with van der Waals surface area (Å²) in [5.74, 6) is -1.83. The number of rotatable bonds is 17. The number of anilines is 2. The number of carbonyl (C=O) groups is 5. The van der Waals surface area contributed by atoms with Crippen LogP contribution in [0.1, 0.15) is 64.5 Å². The molecule has 2 aromatic carbocycles. The van der Waals surface area contributed by atoms with Gasteiger partial charge in [-0.05, 0) is 87.3 Å². The molecule has 0 saturated heterocycles. The van der Waals surface area contributed by atoms with Crippen molar-refractivity contribution < 1.29 is 33.8 Å². The molecule has 2 atom stereocenters. The largest absolute Gasteiger partial charge is 0.481 e. The Morgan fingerprint density at radius 3 is 2.00 bits per heavy atom. The van der Waals surface area contributed by atoms with Crippen molar-refractivity contribution in [2.75, 3.05) is 17.2 Å². The van der Waals surface area contributed by atoms with Gasteiger partial charge in [0.15, 0.2) is 0 Å². The van der Waals surface area contributed by atoms with Gasteiger partial charge in [-0.2, -0.15) is 0 Å². The average Bonchev–Trinajstić information content (AvgIpc) is 2.98. The van der Waals surface area contributed by atoms with E-state index in [9.17, 15) is 29.1 Å². The van der Waals surface area contributed by atoms with Crippen LogP contribution in [0.3, 0.4) is 0 Å². The number of urea groups is 1. The minimum Gasteiger partial charge on any atom is -0.481 e. The number of hydrogen-bond donors (Lipinski definition) is 7. The van der Waals surface area contributed by atoms with E-state index in [0.717, 1.165) is 18.4 Å². The molecule has 0 bridgehead atoms. The first-order valence-electron chi connectivity index (χ1n) is 14.9. The first-order valence-corrected chi connectivity index (χ1v) is 14.9. The molecule has 13 heteroatoms. The lowest BCUT2D eigenvalue weighted by molar-refractivity contribution is -0.147. The zero-order valence-corrected chi connectivity index (χ0v) is 26.4. The van der Waals surface area contributed by atoms with Gasteiger partial charge in [0, 0.05) is 17.9 Å². The van der Waals surface area contributed by atoms with Gasteiger partial charge < -0.3 is 37.3 Å². The summed E-state index contributed by atoms with van der Waals surface area (Å²) in [5, 5.41) is 19.8. The predicted octanol–water partition coefficient (Wildman–Crippen LogP) is 3.72. The average molecular weight is 627 g/mol. The molecule has 0 unspecified atom stereocenters. The lowest BCUT2D eigenvalue weighted by atomic mass is 9.87. The Morgan fingerprint density at radius 1 is 0.867 bits per heavy atom. The highest BCUT2D eigenvalue weighted by atomic mass is 16.5. The maximum absolute atomic E-state index is 13.0. The van der Waals surface area contributed by atoms with Crippen LogP contribution >= 0.6 is 0 Å². The Kier molecular flexibility index (Phi) is 14.3. The van der Waals surface area contributed by atoms with Crippen molar-refractivity contribution in [3.8, 4) is 0 Å². The number of carboxylic acid groups (broad SMARTS) is 1. The third-order valence-electron chi connectivity index (χ3n) is 7.26. The summed E-state index contributed by atoms with van der Waals surface area (Å²) in [6.45, 7) is 7.27. The van der Waals surface area contributed by atoms with Crippen molar-refractivity contribution in [2.45, 2.75) is 78.5 Å². The number of aryl methyl sites for hydroxylation is 1. The highest BCUT2D eigenvalue weighted by molar-refractivity contribution is 5.97. The van der Waals surface area contributed by atoms with E-state index in [0.29, 0.717) is 29.8 Å². The normalized spacial score (nSPS) is 12.5. The molecule has 0 radical (unpaired) electrons. The number of carboxylic acids is 1. The molecule has 13 nitrogen and oxygen atoms in total.